The van der Waals surface area contributed by atoms with E-state index >= 15 is 0 Å². The summed E-state index contributed by atoms with van der Waals surface area (Å²) in [4.78, 5) is 20.0. The third kappa shape index (κ3) is 2.32. The van der Waals surface area contributed by atoms with Crippen LogP contribution in [0.4, 0.5) is 4.79 Å². The van der Waals surface area contributed by atoms with Gasteiger partial charge in [0.1, 0.15) is 6.61 Å². The highest BCUT2D eigenvalue weighted by Crippen LogP contribution is 2.47. The van der Waals surface area contributed by atoms with Crippen LogP contribution >= 0.6 is 0 Å². The van der Waals surface area contributed by atoms with Gasteiger partial charge in [-0.15, -0.1) is 0 Å². The van der Waals surface area contributed by atoms with Crippen molar-refractivity contribution in [2.75, 3.05) is 13.1 Å². The van der Waals surface area contributed by atoms with Gasteiger partial charge in [0.25, 0.3) is 0 Å². The molecule has 1 saturated heterocycles. The van der Waals surface area contributed by atoms with Crippen LogP contribution in [-0.4, -0.2) is 34.6 Å². The first kappa shape index (κ1) is 12.5. The molecular weight excluding hydrogens is 240 g/mol. The number of hydrogen-bond acceptors (Lipinski definition) is 2. The Kier molecular flexibility index (Phi) is 3.19. The van der Waals surface area contributed by atoms with Crippen molar-refractivity contribution in [3.63, 3.8) is 0 Å². The van der Waals surface area contributed by atoms with Crippen LogP contribution in [0.1, 0.15) is 31.7 Å². The Morgan fingerprint density at radius 2 is 1.95 bits per heavy atom. The van der Waals surface area contributed by atoms with E-state index in [1.165, 1.54) is 0 Å². The first-order chi connectivity index (χ1) is 9.25. The monoisotopic (exact) mass is 260 g/mol. The smallest absolute Gasteiger partial charge is 0.323 e. The molecule has 0 atom stereocenters. The minimum atomic E-state index is -0.00245. The van der Waals surface area contributed by atoms with E-state index in [-0.39, 0.29) is 11.6 Å². The summed E-state index contributed by atoms with van der Waals surface area (Å²) in [5.74, 6) is 0. The molecule has 0 N–H and O–H groups in total. The molecule has 1 aliphatic heterocycles. The molecule has 0 bridgehead atoms. The molecule has 1 aromatic rings. The molecule has 1 heterocycles. The molecular formula is C15H20N2O2. The summed E-state index contributed by atoms with van der Waals surface area (Å²) in [5.41, 5.74) is 1.09. The van der Waals surface area contributed by atoms with Crippen molar-refractivity contribution in [2.24, 2.45) is 0 Å². The van der Waals surface area contributed by atoms with Crippen molar-refractivity contribution < 1.29 is 9.63 Å². The van der Waals surface area contributed by atoms with E-state index in [4.69, 9.17) is 4.84 Å². The molecule has 1 aliphatic carbocycles. The first-order valence-corrected chi connectivity index (χ1v) is 7.01. The Bertz CT molecular complexity index is 456. The largest absolute Gasteiger partial charge is 0.344 e. The minimum absolute atomic E-state index is 0.00245. The summed E-state index contributed by atoms with van der Waals surface area (Å²) in [6, 6.07) is 10.0. The quantitative estimate of drug-likeness (QED) is 0.834. The summed E-state index contributed by atoms with van der Waals surface area (Å²) < 4.78 is 0. The Morgan fingerprint density at radius 1 is 1.21 bits per heavy atom. The van der Waals surface area contributed by atoms with Crippen LogP contribution in [0.3, 0.4) is 0 Å². The summed E-state index contributed by atoms with van der Waals surface area (Å²) in [6.45, 7) is 4.09. The fourth-order valence-electron chi connectivity index (χ4n) is 2.67. The van der Waals surface area contributed by atoms with Crippen molar-refractivity contribution in [1.82, 2.24) is 9.96 Å². The third-order valence-corrected chi connectivity index (χ3v) is 4.13. The summed E-state index contributed by atoms with van der Waals surface area (Å²) >= 11 is 0. The maximum Gasteiger partial charge on any atom is 0.344 e. The number of rotatable bonds is 4. The van der Waals surface area contributed by atoms with Gasteiger partial charge < -0.3 is 4.90 Å². The molecule has 1 aromatic carbocycles. The Hall–Kier alpha value is -1.55. The maximum atomic E-state index is 12.4. The van der Waals surface area contributed by atoms with E-state index in [1.54, 1.807) is 5.06 Å². The summed E-state index contributed by atoms with van der Waals surface area (Å²) in [6.07, 6.45) is 3.18. The molecule has 2 fully saturated rings. The van der Waals surface area contributed by atoms with Gasteiger partial charge in [-0.1, -0.05) is 30.3 Å². The van der Waals surface area contributed by atoms with Gasteiger partial charge in [-0.05, 0) is 31.7 Å². The van der Waals surface area contributed by atoms with Crippen LogP contribution in [-0.2, 0) is 11.4 Å². The predicted octanol–water partition coefficient (Wildman–Crippen LogP) is 2.80. The molecule has 0 unspecified atom stereocenters. The maximum absolute atomic E-state index is 12.4. The van der Waals surface area contributed by atoms with Gasteiger partial charge in [-0.2, -0.15) is 5.06 Å². The van der Waals surface area contributed by atoms with Crippen LogP contribution in [0.25, 0.3) is 0 Å². The molecule has 2 aliphatic rings. The first-order valence-electron chi connectivity index (χ1n) is 7.01. The summed E-state index contributed by atoms with van der Waals surface area (Å²) in [7, 11) is 0. The predicted molar refractivity (Wildman–Crippen MR) is 72.3 cm³/mol. The van der Waals surface area contributed by atoms with Gasteiger partial charge in [0.05, 0.1) is 5.54 Å². The molecule has 19 heavy (non-hydrogen) atoms. The van der Waals surface area contributed by atoms with E-state index in [1.807, 2.05) is 42.2 Å². The fraction of sp³-hybridized carbons (Fsp3) is 0.533. The average Bonchev–Trinajstić information content (AvgIpc) is 3.20. The van der Waals surface area contributed by atoms with Crippen molar-refractivity contribution in [1.29, 1.82) is 0 Å². The van der Waals surface area contributed by atoms with Gasteiger partial charge in [0.15, 0.2) is 0 Å². The van der Waals surface area contributed by atoms with Gasteiger partial charge in [-0.25, -0.2) is 4.79 Å². The topological polar surface area (TPSA) is 32.8 Å². The molecule has 1 spiro atoms. The van der Waals surface area contributed by atoms with Crippen LogP contribution < -0.4 is 0 Å². The zero-order valence-corrected chi connectivity index (χ0v) is 11.3. The molecule has 0 radical (unpaired) electrons. The Balaban J connectivity index is 1.68. The number of hydroxylamine groups is 2. The van der Waals surface area contributed by atoms with Gasteiger partial charge >= 0.3 is 6.03 Å². The van der Waals surface area contributed by atoms with E-state index in [2.05, 4.69) is 0 Å². The minimum Gasteiger partial charge on any atom is -0.323 e. The summed E-state index contributed by atoms with van der Waals surface area (Å²) in [5, 5.41) is 1.65. The standard InChI is InChI=1S/C15H20N2O2/c1-2-16-11-10-15(8-9-15)17(14(16)18)19-12-13-6-4-3-5-7-13/h3-7H,2,8-12H2,1H3. The molecule has 2 amide bonds. The van der Waals surface area contributed by atoms with E-state index in [0.717, 1.165) is 37.9 Å². The zero-order chi connectivity index (χ0) is 13.3. The number of carbonyl (C=O) groups is 1. The van der Waals surface area contributed by atoms with Crippen molar-refractivity contribution in [2.45, 2.75) is 38.3 Å². The van der Waals surface area contributed by atoms with Crippen LogP contribution in [0, 0.1) is 0 Å². The SMILES string of the molecule is CCN1CCC2(CC2)N(OCc2ccccc2)C1=O. The molecule has 3 rings (SSSR count). The second kappa shape index (κ2) is 4.85. The van der Waals surface area contributed by atoms with Gasteiger partial charge in [0.2, 0.25) is 0 Å². The van der Waals surface area contributed by atoms with Gasteiger partial charge in [-0.3, -0.25) is 4.84 Å². The van der Waals surface area contributed by atoms with Crippen molar-refractivity contribution in [3.8, 4) is 0 Å². The molecule has 4 nitrogen and oxygen atoms in total. The van der Waals surface area contributed by atoms with Crippen molar-refractivity contribution >= 4 is 6.03 Å². The zero-order valence-electron chi connectivity index (χ0n) is 11.3. The van der Waals surface area contributed by atoms with Crippen molar-refractivity contribution in [3.05, 3.63) is 35.9 Å². The number of carbonyl (C=O) groups excluding carboxylic acids is 1. The lowest BCUT2D eigenvalue weighted by Gasteiger charge is -2.40. The lowest BCUT2D eigenvalue weighted by atomic mass is 10.1. The number of amides is 2. The second-order valence-electron chi connectivity index (χ2n) is 5.39. The van der Waals surface area contributed by atoms with Crippen LogP contribution in [0.2, 0.25) is 0 Å². The van der Waals surface area contributed by atoms with E-state index in [9.17, 15) is 4.79 Å². The second-order valence-corrected chi connectivity index (χ2v) is 5.39. The van der Waals surface area contributed by atoms with Crippen LogP contribution in [0.15, 0.2) is 30.3 Å². The lowest BCUT2D eigenvalue weighted by molar-refractivity contribution is -0.182. The number of urea groups is 1. The normalized spacial score (nSPS) is 21.0. The van der Waals surface area contributed by atoms with Gasteiger partial charge in [0, 0.05) is 13.1 Å². The molecule has 1 saturated carbocycles. The molecule has 4 heteroatoms. The number of hydrogen-bond donors (Lipinski definition) is 0. The van der Waals surface area contributed by atoms with Crippen LogP contribution in [0.5, 0.6) is 0 Å². The lowest BCUT2D eigenvalue weighted by Crippen LogP contribution is -2.55. The average molecular weight is 260 g/mol. The van der Waals surface area contributed by atoms with E-state index < -0.39 is 0 Å². The number of benzene rings is 1. The highest BCUT2D eigenvalue weighted by molar-refractivity contribution is 5.75. The molecule has 102 valence electrons. The fourth-order valence-corrected chi connectivity index (χ4v) is 2.67. The number of nitrogens with zero attached hydrogens (tertiary/aromatic N) is 2. The highest BCUT2D eigenvalue weighted by atomic mass is 16.7. The molecule has 0 aromatic heterocycles. The Morgan fingerprint density at radius 3 is 2.58 bits per heavy atom. The van der Waals surface area contributed by atoms with E-state index in [0.29, 0.717) is 6.61 Å². The highest BCUT2D eigenvalue weighted by Gasteiger charge is 2.55. The third-order valence-electron chi connectivity index (χ3n) is 4.13. The Labute approximate surface area is 113 Å².